The number of rotatable bonds is 0. The zero-order chi connectivity index (χ0) is 17.6. The molecule has 0 fully saturated rings. The zero-order valence-electron chi connectivity index (χ0n) is 13.0. The standard InChI is InChI=1S/C17H13N2.CH4O3S/c18-19-13-16-9-5-4-8-15(16)12-17(19)11-10-14-6-2-1-3-7-14;1-5(2,3)4/h1-9,12-13H,18H2;1H3,(H,2,3,4)/q+1;/p-1. The molecular formula is C18H16N2O3S. The molecule has 5 nitrogen and oxygen atoms in total. The molecule has 0 radical (unpaired) electrons. The summed E-state index contributed by atoms with van der Waals surface area (Å²) in [5, 5.41) is 2.25. The van der Waals surface area contributed by atoms with E-state index in [1.807, 2.05) is 60.8 Å². The Morgan fingerprint density at radius 3 is 2.12 bits per heavy atom. The summed E-state index contributed by atoms with van der Waals surface area (Å²) in [6, 6.07) is 20.0. The van der Waals surface area contributed by atoms with Gasteiger partial charge in [-0.2, -0.15) is 0 Å². The van der Waals surface area contributed by atoms with Crippen molar-refractivity contribution in [3.63, 3.8) is 0 Å². The van der Waals surface area contributed by atoms with E-state index >= 15 is 0 Å². The molecule has 122 valence electrons. The molecule has 0 unspecified atom stereocenters. The van der Waals surface area contributed by atoms with Gasteiger partial charge in [-0.3, -0.25) is 0 Å². The van der Waals surface area contributed by atoms with Crippen molar-refractivity contribution in [2.24, 2.45) is 0 Å². The minimum atomic E-state index is -3.92. The molecule has 1 aromatic heterocycles. The van der Waals surface area contributed by atoms with E-state index in [2.05, 4.69) is 17.9 Å². The molecular weight excluding hydrogens is 324 g/mol. The van der Waals surface area contributed by atoms with E-state index in [1.165, 1.54) is 0 Å². The second kappa shape index (κ2) is 7.59. The predicted molar refractivity (Wildman–Crippen MR) is 92.3 cm³/mol. The van der Waals surface area contributed by atoms with Crippen molar-refractivity contribution < 1.29 is 17.6 Å². The average Bonchev–Trinajstić information content (AvgIpc) is 2.52. The first-order chi connectivity index (χ1) is 11.3. The van der Waals surface area contributed by atoms with E-state index in [1.54, 1.807) is 4.68 Å². The number of aromatic nitrogens is 1. The second-order valence-corrected chi connectivity index (χ2v) is 6.42. The van der Waals surface area contributed by atoms with Crippen LogP contribution in [0.25, 0.3) is 10.8 Å². The monoisotopic (exact) mass is 340 g/mol. The van der Waals surface area contributed by atoms with Crippen LogP contribution >= 0.6 is 0 Å². The van der Waals surface area contributed by atoms with E-state index in [0.717, 1.165) is 22.0 Å². The number of hydrogen-bond acceptors (Lipinski definition) is 4. The van der Waals surface area contributed by atoms with Gasteiger partial charge in [-0.25, -0.2) is 14.3 Å². The summed E-state index contributed by atoms with van der Waals surface area (Å²) in [6.45, 7) is 0. The van der Waals surface area contributed by atoms with Crippen LogP contribution in [-0.2, 0) is 10.1 Å². The number of pyridine rings is 1. The summed E-state index contributed by atoms with van der Waals surface area (Å²) < 4.78 is 28.8. The smallest absolute Gasteiger partial charge is 0.286 e. The van der Waals surface area contributed by atoms with Crippen molar-refractivity contribution in [2.45, 2.75) is 0 Å². The Morgan fingerprint density at radius 2 is 1.50 bits per heavy atom. The SMILES string of the molecule is CS(=O)(=O)[O-].N[n+]1cc2ccccc2cc1C#Cc1ccccc1. The first-order valence-corrected chi connectivity index (χ1v) is 8.82. The third-order valence-corrected chi connectivity index (χ3v) is 2.95. The summed E-state index contributed by atoms with van der Waals surface area (Å²) in [5.74, 6) is 12.2. The molecule has 0 aliphatic rings. The Bertz CT molecular complexity index is 997. The fourth-order valence-electron chi connectivity index (χ4n) is 1.96. The van der Waals surface area contributed by atoms with Crippen LogP contribution in [0.15, 0.2) is 66.9 Å². The minimum Gasteiger partial charge on any atom is -0.748 e. The molecule has 0 aliphatic heterocycles. The third-order valence-electron chi connectivity index (χ3n) is 2.95. The van der Waals surface area contributed by atoms with E-state index in [9.17, 15) is 0 Å². The topological polar surface area (TPSA) is 87.1 Å². The highest BCUT2D eigenvalue weighted by Crippen LogP contribution is 2.11. The van der Waals surface area contributed by atoms with Crippen LogP contribution in [0.5, 0.6) is 0 Å². The summed E-state index contributed by atoms with van der Waals surface area (Å²) in [4.78, 5) is 0. The normalized spacial score (nSPS) is 10.2. The van der Waals surface area contributed by atoms with Gasteiger partial charge in [-0.1, -0.05) is 47.0 Å². The van der Waals surface area contributed by atoms with E-state index < -0.39 is 10.1 Å². The van der Waals surface area contributed by atoms with Crippen LogP contribution in [0, 0.1) is 11.8 Å². The first kappa shape index (κ1) is 17.5. The fraction of sp³-hybridized carbons (Fsp3) is 0.0556. The van der Waals surface area contributed by atoms with Gasteiger partial charge in [-0.15, -0.1) is 0 Å². The van der Waals surface area contributed by atoms with Crippen LogP contribution in [-0.4, -0.2) is 19.2 Å². The number of nitrogen functional groups attached to an aromatic ring is 1. The van der Waals surface area contributed by atoms with Crippen molar-refractivity contribution in [3.05, 3.63) is 78.1 Å². The van der Waals surface area contributed by atoms with Crippen LogP contribution in [0.1, 0.15) is 11.3 Å². The average molecular weight is 340 g/mol. The number of benzene rings is 2. The Balaban J connectivity index is 0.000000368. The Kier molecular flexibility index (Phi) is 5.53. The largest absolute Gasteiger partial charge is 0.748 e. The second-order valence-electron chi connectivity index (χ2n) is 5.02. The van der Waals surface area contributed by atoms with E-state index in [-0.39, 0.29) is 0 Å². The molecule has 2 N–H and O–H groups in total. The van der Waals surface area contributed by atoms with Gasteiger partial charge in [0, 0.05) is 29.2 Å². The molecule has 0 saturated carbocycles. The van der Waals surface area contributed by atoms with Crippen molar-refractivity contribution >= 4 is 20.9 Å². The zero-order valence-corrected chi connectivity index (χ0v) is 13.8. The van der Waals surface area contributed by atoms with Gasteiger partial charge in [0.2, 0.25) is 6.20 Å². The molecule has 0 aliphatic carbocycles. The van der Waals surface area contributed by atoms with Gasteiger partial charge >= 0.3 is 0 Å². The lowest BCUT2D eigenvalue weighted by molar-refractivity contribution is -0.640. The number of hydrogen-bond donors (Lipinski definition) is 1. The molecule has 0 bridgehead atoms. The van der Waals surface area contributed by atoms with Crippen molar-refractivity contribution in [1.82, 2.24) is 0 Å². The highest BCUT2D eigenvalue weighted by atomic mass is 32.2. The van der Waals surface area contributed by atoms with Gasteiger partial charge < -0.3 is 4.55 Å². The quantitative estimate of drug-likeness (QED) is 0.290. The number of fused-ring (bicyclic) bond motifs is 1. The Labute approximate surface area is 141 Å². The van der Waals surface area contributed by atoms with Gasteiger partial charge in [0.25, 0.3) is 5.69 Å². The third kappa shape index (κ3) is 5.72. The molecule has 2 aromatic carbocycles. The molecule has 1 heterocycles. The molecule has 0 spiro atoms. The highest BCUT2D eigenvalue weighted by Gasteiger charge is 2.06. The fourth-order valence-corrected chi connectivity index (χ4v) is 1.96. The summed E-state index contributed by atoms with van der Waals surface area (Å²) in [5.41, 5.74) is 1.78. The van der Waals surface area contributed by atoms with Gasteiger partial charge in [0.1, 0.15) is 0 Å². The molecule has 3 rings (SSSR count). The Hall–Kier alpha value is -2.88. The van der Waals surface area contributed by atoms with E-state index in [0.29, 0.717) is 6.26 Å². The van der Waals surface area contributed by atoms with Crippen LogP contribution in [0.4, 0.5) is 0 Å². The number of nitrogens with zero attached hydrogens (tertiary/aromatic N) is 1. The maximum Gasteiger partial charge on any atom is 0.286 e. The Morgan fingerprint density at radius 1 is 0.958 bits per heavy atom. The molecule has 3 aromatic rings. The molecule has 0 saturated heterocycles. The highest BCUT2D eigenvalue weighted by molar-refractivity contribution is 7.84. The first-order valence-electron chi connectivity index (χ1n) is 7.00. The lowest BCUT2D eigenvalue weighted by Crippen LogP contribution is -2.47. The van der Waals surface area contributed by atoms with E-state index in [4.69, 9.17) is 18.8 Å². The van der Waals surface area contributed by atoms with Gasteiger partial charge in [-0.05, 0) is 23.6 Å². The van der Waals surface area contributed by atoms with Crippen molar-refractivity contribution in [1.29, 1.82) is 0 Å². The van der Waals surface area contributed by atoms with Crippen molar-refractivity contribution in [2.75, 3.05) is 12.1 Å². The maximum absolute atomic E-state index is 9.08. The maximum atomic E-state index is 9.08. The summed E-state index contributed by atoms with van der Waals surface area (Å²) in [7, 11) is -3.92. The molecule has 0 atom stereocenters. The van der Waals surface area contributed by atoms with Crippen LogP contribution in [0.2, 0.25) is 0 Å². The lowest BCUT2D eigenvalue weighted by atomic mass is 10.1. The summed E-state index contributed by atoms with van der Waals surface area (Å²) >= 11 is 0. The van der Waals surface area contributed by atoms with Crippen LogP contribution < -0.4 is 10.5 Å². The van der Waals surface area contributed by atoms with Gasteiger partial charge in [0.05, 0.1) is 10.1 Å². The van der Waals surface area contributed by atoms with Crippen LogP contribution in [0.3, 0.4) is 0 Å². The lowest BCUT2D eigenvalue weighted by Gasteiger charge is -1.96. The van der Waals surface area contributed by atoms with Gasteiger partial charge in [0.15, 0.2) is 0 Å². The van der Waals surface area contributed by atoms with Crippen molar-refractivity contribution in [3.8, 4) is 11.8 Å². The minimum absolute atomic E-state index is 0.604. The molecule has 24 heavy (non-hydrogen) atoms. The predicted octanol–water partition coefficient (Wildman–Crippen LogP) is 1.40. The number of nitrogens with two attached hydrogens (primary N) is 1. The summed E-state index contributed by atoms with van der Waals surface area (Å²) in [6.07, 6.45) is 2.50. The molecule has 0 amide bonds. The molecule has 6 heteroatoms.